The lowest BCUT2D eigenvalue weighted by atomic mass is 10.2. The van der Waals surface area contributed by atoms with E-state index in [1.165, 1.54) is 6.07 Å². The zero-order valence-corrected chi connectivity index (χ0v) is 12.3. The number of anilines is 1. The first kappa shape index (κ1) is 16.1. The van der Waals surface area contributed by atoms with Gasteiger partial charge in [-0.15, -0.1) is 13.2 Å². The molecular weight excluding hydrogens is 323 g/mol. The van der Waals surface area contributed by atoms with Crippen LogP contribution in [0.1, 0.15) is 32.6 Å². The number of alkyl halides is 3. The highest BCUT2D eigenvalue weighted by Crippen LogP contribution is 2.32. The molecule has 0 aliphatic carbocycles. The molecule has 0 heterocycles. The molecule has 0 saturated carbocycles. The SMILES string of the molecule is CCCCCCNc1ccc(Br)cc1OC(F)(F)F. The predicted molar refractivity (Wildman–Crippen MR) is 73.5 cm³/mol. The van der Waals surface area contributed by atoms with Crippen LogP contribution in [0, 0.1) is 0 Å². The molecule has 0 bridgehead atoms. The first-order valence-corrected chi connectivity index (χ1v) is 7.01. The van der Waals surface area contributed by atoms with Crippen LogP contribution in [0.25, 0.3) is 0 Å². The number of unbranched alkanes of at least 4 members (excludes halogenated alkanes) is 3. The third-order valence-corrected chi connectivity index (χ3v) is 3.01. The zero-order valence-electron chi connectivity index (χ0n) is 10.7. The van der Waals surface area contributed by atoms with Crippen LogP contribution in [0.5, 0.6) is 5.75 Å². The number of hydrogen-bond donors (Lipinski definition) is 1. The molecule has 0 spiro atoms. The fourth-order valence-corrected chi connectivity index (χ4v) is 1.97. The van der Waals surface area contributed by atoms with Crippen molar-refractivity contribution < 1.29 is 17.9 Å². The lowest BCUT2D eigenvalue weighted by Gasteiger charge is -2.15. The number of ether oxygens (including phenoxy) is 1. The summed E-state index contributed by atoms with van der Waals surface area (Å²) < 4.78 is 41.4. The molecule has 108 valence electrons. The van der Waals surface area contributed by atoms with Crippen LogP contribution in [-0.2, 0) is 0 Å². The van der Waals surface area contributed by atoms with E-state index in [-0.39, 0.29) is 5.75 Å². The van der Waals surface area contributed by atoms with Crippen molar-refractivity contribution in [3.8, 4) is 5.75 Å². The molecule has 0 saturated heterocycles. The Bertz CT molecular complexity index is 396. The third kappa shape index (κ3) is 6.71. The van der Waals surface area contributed by atoms with Crippen LogP contribution >= 0.6 is 15.9 Å². The van der Waals surface area contributed by atoms with Gasteiger partial charge in [-0.05, 0) is 24.6 Å². The smallest absolute Gasteiger partial charge is 0.404 e. The maximum atomic E-state index is 12.3. The van der Waals surface area contributed by atoms with E-state index in [1.807, 2.05) is 0 Å². The van der Waals surface area contributed by atoms with Crippen molar-refractivity contribution in [3.63, 3.8) is 0 Å². The average molecular weight is 340 g/mol. The van der Waals surface area contributed by atoms with E-state index in [0.717, 1.165) is 25.7 Å². The molecule has 0 unspecified atom stereocenters. The highest BCUT2D eigenvalue weighted by atomic mass is 79.9. The van der Waals surface area contributed by atoms with Crippen LogP contribution < -0.4 is 10.1 Å². The Kier molecular flexibility index (Phi) is 6.48. The zero-order chi connectivity index (χ0) is 14.3. The summed E-state index contributed by atoms with van der Waals surface area (Å²) in [5, 5.41) is 2.98. The molecule has 2 nitrogen and oxygen atoms in total. The summed E-state index contributed by atoms with van der Waals surface area (Å²) in [5.74, 6) is -0.211. The number of halogens is 4. The second kappa shape index (κ2) is 7.62. The fourth-order valence-electron chi connectivity index (χ4n) is 1.63. The van der Waals surface area contributed by atoms with Gasteiger partial charge < -0.3 is 10.1 Å². The number of rotatable bonds is 7. The molecule has 0 fully saturated rings. The summed E-state index contributed by atoms with van der Waals surface area (Å²) in [7, 11) is 0. The first-order chi connectivity index (χ1) is 8.92. The Labute approximate surface area is 119 Å². The van der Waals surface area contributed by atoms with Gasteiger partial charge in [0.15, 0.2) is 5.75 Å². The molecule has 1 aromatic rings. The van der Waals surface area contributed by atoms with Gasteiger partial charge in [0.05, 0.1) is 5.69 Å². The van der Waals surface area contributed by atoms with E-state index in [2.05, 4.69) is 32.9 Å². The van der Waals surface area contributed by atoms with Gasteiger partial charge in [-0.2, -0.15) is 0 Å². The molecular formula is C13H17BrF3NO. The van der Waals surface area contributed by atoms with Crippen molar-refractivity contribution in [2.45, 2.75) is 39.0 Å². The molecule has 0 amide bonds. The summed E-state index contributed by atoms with van der Waals surface area (Å²) in [6.45, 7) is 2.74. The van der Waals surface area contributed by atoms with Crippen LogP contribution in [-0.4, -0.2) is 12.9 Å². The maximum Gasteiger partial charge on any atom is 0.573 e. The second-order valence-electron chi connectivity index (χ2n) is 4.18. The Balaban J connectivity index is 2.61. The fraction of sp³-hybridized carbons (Fsp3) is 0.538. The van der Waals surface area contributed by atoms with E-state index in [9.17, 15) is 13.2 Å². The highest BCUT2D eigenvalue weighted by Gasteiger charge is 2.32. The molecule has 0 aliphatic heterocycles. The summed E-state index contributed by atoms with van der Waals surface area (Å²) in [5.41, 5.74) is 0.358. The molecule has 1 rings (SSSR count). The van der Waals surface area contributed by atoms with E-state index in [4.69, 9.17) is 0 Å². The summed E-state index contributed by atoms with van der Waals surface area (Å²) in [6.07, 6.45) is -0.432. The molecule has 0 atom stereocenters. The van der Waals surface area contributed by atoms with Gasteiger partial charge in [-0.3, -0.25) is 0 Å². The van der Waals surface area contributed by atoms with Crippen LogP contribution in [0.3, 0.4) is 0 Å². The van der Waals surface area contributed by atoms with E-state index in [1.54, 1.807) is 12.1 Å². The summed E-state index contributed by atoms with van der Waals surface area (Å²) in [4.78, 5) is 0. The van der Waals surface area contributed by atoms with Crippen LogP contribution in [0.15, 0.2) is 22.7 Å². The minimum absolute atomic E-state index is 0.211. The lowest BCUT2D eigenvalue weighted by Crippen LogP contribution is -2.18. The molecule has 19 heavy (non-hydrogen) atoms. The van der Waals surface area contributed by atoms with Crippen molar-refractivity contribution in [2.75, 3.05) is 11.9 Å². The Hall–Kier alpha value is -0.910. The Morgan fingerprint density at radius 1 is 1.21 bits per heavy atom. The third-order valence-electron chi connectivity index (χ3n) is 2.52. The summed E-state index contributed by atoms with van der Waals surface area (Å²) in [6, 6.07) is 4.56. The number of nitrogens with one attached hydrogen (secondary N) is 1. The van der Waals surface area contributed by atoms with Crippen molar-refractivity contribution in [2.24, 2.45) is 0 Å². The maximum absolute atomic E-state index is 12.3. The van der Waals surface area contributed by atoms with Crippen LogP contribution in [0.4, 0.5) is 18.9 Å². The minimum Gasteiger partial charge on any atom is -0.404 e. The molecule has 0 aliphatic rings. The van der Waals surface area contributed by atoms with Gasteiger partial charge in [0.2, 0.25) is 0 Å². The number of hydrogen-bond acceptors (Lipinski definition) is 2. The molecule has 1 N–H and O–H groups in total. The Morgan fingerprint density at radius 2 is 1.95 bits per heavy atom. The van der Waals surface area contributed by atoms with Crippen molar-refractivity contribution in [1.82, 2.24) is 0 Å². The van der Waals surface area contributed by atoms with E-state index in [0.29, 0.717) is 16.7 Å². The van der Waals surface area contributed by atoms with Gasteiger partial charge in [0.1, 0.15) is 0 Å². The molecule has 1 aromatic carbocycles. The topological polar surface area (TPSA) is 21.3 Å². The van der Waals surface area contributed by atoms with Crippen LogP contribution in [0.2, 0.25) is 0 Å². The van der Waals surface area contributed by atoms with Gasteiger partial charge >= 0.3 is 6.36 Å². The van der Waals surface area contributed by atoms with Crippen molar-refractivity contribution >= 4 is 21.6 Å². The Morgan fingerprint density at radius 3 is 2.58 bits per heavy atom. The molecule has 0 aromatic heterocycles. The predicted octanol–water partition coefficient (Wildman–Crippen LogP) is 5.34. The highest BCUT2D eigenvalue weighted by molar-refractivity contribution is 9.10. The summed E-state index contributed by atoms with van der Waals surface area (Å²) >= 11 is 3.13. The molecule has 6 heteroatoms. The standard InChI is InChI=1S/C13H17BrF3NO/c1-2-3-4-5-8-18-11-7-6-10(14)9-12(11)19-13(15,16)17/h6-7,9,18H,2-5,8H2,1H3. The first-order valence-electron chi connectivity index (χ1n) is 6.21. The monoisotopic (exact) mass is 339 g/mol. The second-order valence-corrected chi connectivity index (χ2v) is 5.09. The van der Waals surface area contributed by atoms with E-state index >= 15 is 0 Å². The van der Waals surface area contributed by atoms with Gasteiger partial charge in [0, 0.05) is 11.0 Å². The van der Waals surface area contributed by atoms with Gasteiger partial charge in [-0.1, -0.05) is 42.1 Å². The lowest BCUT2D eigenvalue weighted by molar-refractivity contribution is -0.274. The largest absolute Gasteiger partial charge is 0.573 e. The molecule has 0 radical (unpaired) electrons. The minimum atomic E-state index is -4.68. The average Bonchev–Trinajstić information content (AvgIpc) is 2.29. The van der Waals surface area contributed by atoms with Crippen molar-refractivity contribution in [1.29, 1.82) is 0 Å². The van der Waals surface area contributed by atoms with E-state index < -0.39 is 6.36 Å². The quantitative estimate of drug-likeness (QED) is 0.677. The van der Waals surface area contributed by atoms with Crippen molar-refractivity contribution in [3.05, 3.63) is 22.7 Å². The van der Waals surface area contributed by atoms with Gasteiger partial charge in [0.25, 0.3) is 0 Å². The van der Waals surface area contributed by atoms with Gasteiger partial charge in [-0.25, -0.2) is 0 Å². The number of benzene rings is 1. The normalized spacial score (nSPS) is 11.4.